The Balaban J connectivity index is 1.90. The second-order valence-electron chi connectivity index (χ2n) is 5.98. The van der Waals surface area contributed by atoms with Crippen LogP contribution in [0.1, 0.15) is 13.8 Å². The fourth-order valence-corrected chi connectivity index (χ4v) is 2.55. The minimum atomic E-state index is -0.317. The van der Waals surface area contributed by atoms with Gasteiger partial charge in [-0.3, -0.25) is 4.98 Å². The van der Waals surface area contributed by atoms with Gasteiger partial charge in [-0.2, -0.15) is 0 Å². The van der Waals surface area contributed by atoms with Crippen LogP contribution in [-0.4, -0.2) is 34.3 Å². The molecule has 1 saturated heterocycles. The van der Waals surface area contributed by atoms with E-state index in [-0.39, 0.29) is 11.5 Å². The predicted molar refractivity (Wildman–Crippen MR) is 79.5 cm³/mol. The lowest BCUT2D eigenvalue weighted by molar-refractivity contribution is 0.0964. The summed E-state index contributed by atoms with van der Waals surface area (Å²) in [5.41, 5.74) is 1.64. The van der Waals surface area contributed by atoms with Crippen molar-refractivity contribution in [2.24, 2.45) is 5.41 Å². The number of hydrogen-bond donors (Lipinski definition) is 1. The fourth-order valence-electron chi connectivity index (χ4n) is 2.55. The van der Waals surface area contributed by atoms with Gasteiger partial charge in [0.1, 0.15) is 5.82 Å². The summed E-state index contributed by atoms with van der Waals surface area (Å²) in [6, 6.07) is 11.7. The van der Waals surface area contributed by atoms with Crippen molar-refractivity contribution < 1.29 is 5.11 Å². The Morgan fingerprint density at radius 1 is 1.15 bits per heavy atom. The van der Waals surface area contributed by atoms with Crippen molar-refractivity contribution >= 4 is 5.82 Å². The normalized spacial score (nSPS) is 21.1. The summed E-state index contributed by atoms with van der Waals surface area (Å²) in [6.07, 6.45) is 1.45. The monoisotopic (exact) mass is 269 g/mol. The van der Waals surface area contributed by atoms with Crippen LogP contribution in [0.5, 0.6) is 0 Å². The Hall–Kier alpha value is -1.94. The van der Waals surface area contributed by atoms with E-state index in [0.717, 1.165) is 23.8 Å². The summed E-state index contributed by atoms with van der Waals surface area (Å²) >= 11 is 0. The van der Waals surface area contributed by atoms with Crippen molar-refractivity contribution in [1.82, 2.24) is 9.97 Å². The zero-order chi connectivity index (χ0) is 14.2. The summed E-state index contributed by atoms with van der Waals surface area (Å²) in [4.78, 5) is 11.1. The molecule has 3 heterocycles. The number of hydrogen-bond acceptors (Lipinski definition) is 4. The van der Waals surface area contributed by atoms with Gasteiger partial charge in [0, 0.05) is 24.7 Å². The van der Waals surface area contributed by atoms with Gasteiger partial charge in [0.05, 0.1) is 17.5 Å². The van der Waals surface area contributed by atoms with Crippen molar-refractivity contribution in [3.8, 4) is 11.4 Å². The summed E-state index contributed by atoms with van der Waals surface area (Å²) < 4.78 is 0. The number of anilines is 1. The van der Waals surface area contributed by atoms with Crippen LogP contribution in [0.25, 0.3) is 11.4 Å². The number of nitrogens with zero attached hydrogens (tertiary/aromatic N) is 3. The molecule has 1 unspecified atom stereocenters. The van der Waals surface area contributed by atoms with E-state index in [4.69, 9.17) is 0 Å². The average Bonchev–Trinajstić information content (AvgIpc) is 2.74. The van der Waals surface area contributed by atoms with Crippen LogP contribution in [-0.2, 0) is 0 Å². The molecule has 2 aromatic heterocycles. The zero-order valence-electron chi connectivity index (χ0n) is 11.8. The number of aliphatic hydroxyl groups excluding tert-OH is 1. The number of aromatic nitrogens is 2. The van der Waals surface area contributed by atoms with E-state index in [1.807, 2.05) is 36.4 Å². The highest BCUT2D eigenvalue weighted by molar-refractivity contribution is 5.57. The molecule has 1 atom stereocenters. The third kappa shape index (κ3) is 2.39. The quantitative estimate of drug-likeness (QED) is 0.909. The Labute approximate surface area is 119 Å². The molecule has 0 aliphatic carbocycles. The first kappa shape index (κ1) is 13.1. The summed E-state index contributed by atoms with van der Waals surface area (Å²) in [5, 5.41) is 10.1. The molecule has 0 saturated carbocycles. The van der Waals surface area contributed by atoms with E-state index in [2.05, 4.69) is 28.7 Å². The Kier molecular flexibility index (Phi) is 3.18. The van der Waals surface area contributed by atoms with Crippen molar-refractivity contribution in [1.29, 1.82) is 0 Å². The molecule has 2 aromatic rings. The number of pyridine rings is 2. The van der Waals surface area contributed by atoms with E-state index in [9.17, 15) is 5.11 Å². The minimum Gasteiger partial charge on any atom is -0.391 e. The van der Waals surface area contributed by atoms with Crippen molar-refractivity contribution in [3.05, 3.63) is 42.6 Å². The van der Waals surface area contributed by atoms with Crippen molar-refractivity contribution in [2.45, 2.75) is 20.0 Å². The van der Waals surface area contributed by atoms with Crippen LogP contribution in [0, 0.1) is 5.41 Å². The van der Waals surface area contributed by atoms with Crippen LogP contribution >= 0.6 is 0 Å². The number of aliphatic hydroxyl groups is 1. The predicted octanol–water partition coefficient (Wildman–Crippen LogP) is 2.35. The molecular weight excluding hydrogens is 250 g/mol. The summed E-state index contributed by atoms with van der Waals surface area (Å²) in [5.74, 6) is 0.901. The topological polar surface area (TPSA) is 49.2 Å². The van der Waals surface area contributed by atoms with Gasteiger partial charge in [-0.25, -0.2) is 4.98 Å². The maximum absolute atomic E-state index is 10.1. The lowest BCUT2D eigenvalue weighted by Gasteiger charge is -2.21. The van der Waals surface area contributed by atoms with Gasteiger partial charge in [-0.05, 0) is 24.3 Å². The van der Waals surface area contributed by atoms with Gasteiger partial charge in [-0.1, -0.05) is 26.0 Å². The highest BCUT2D eigenvalue weighted by atomic mass is 16.3. The summed E-state index contributed by atoms with van der Waals surface area (Å²) in [7, 11) is 0. The average molecular weight is 269 g/mol. The first-order valence-corrected chi connectivity index (χ1v) is 6.88. The Morgan fingerprint density at radius 2 is 1.95 bits per heavy atom. The van der Waals surface area contributed by atoms with Crippen molar-refractivity contribution in [2.75, 3.05) is 18.0 Å². The lowest BCUT2D eigenvalue weighted by Crippen LogP contribution is -2.26. The van der Waals surface area contributed by atoms with Gasteiger partial charge in [0.2, 0.25) is 0 Å². The Bertz CT molecular complexity index is 598. The maximum Gasteiger partial charge on any atom is 0.129 e. The maximum atomic E-state index is 10.1. The molecule has 0 bridgehead atoms. The highest BCUT2D eigenvalue weighted by Gasteiger charge is 2.38. The number of rotatable bonds is 2. The standard InChI is InChI=1S/C16H19N3O/c1-16(2)11-19(10-14(16)20)15-8-5-7-13(18-15)12-6-3-4-9-17-12/h3-9,14,20H,10-11H2,1-2H3. The molecule has 1 N–H and O–H groups in total. The molecular formula is C16H19N3O. The number of β-amino-alcohol motifs (C(OH)–C–C–N with tert-alkyl or cyclic N) is 1. The first-order chi connectivity index (χ1) is 9.56. The largest absolute Gasteiger partial charge is 0.391 e. The molecule has 104 valence electrons. The SMILES string of the molecule is CC1(C)CN(c2cccc(-c3ccccn3)n2)CC1O. The Morgan fingerprint density at radius 3 is 2.60 bits per heavy atom. The third-order valence-electron chi connectivity index (χ3n) is 3.88. The molecule has 4 nitrogen and oxygen atoms in total. The zero-order valence-corrected chi connectivity index (χ0v) is 11.8. The van der Waals surface area contributed by atoms with Crippen molar-refractivity contribution in [3.63, 3.8) is 0 Å². The van der Waals surface area contributed by atoms with Crippen LogP contribution < -0.4 is 4.90 Å². The molecule has 0 aromatic carbocycles. The molecule has 1 aliphatic heterocycles. The van der Waals surface area contributed by atoms with E-state index in [1.54, 1.807) is 6.20 Å². The molecule has 1 aliphatic rings. The van der Waals surface area contributed by atoms with Crippen LogP contribution in [0.3, 0.4) is 0 Å². The van der Waals surface area contributed by atoms with Gasteiger partial charge >= 0.3 is 0 Å². The van der Waals surface area contributed by atoms with E-state index >= 15 is 0 Å². The minimum absolute atomic E-state index is 0.0946. The van der Waals surface area contributed by atoms with E-state index in [1.165, 1.54) is 0 Å². The van der Waals surface area contributed by atoms with Crippen LogP contribution in [0.15, 0.2) is 42.6 Å². The smallest absolute Gasteiger partial charge is 0.129 e. The van der Waals surface area contributed by atoms with Gasteiger partial charge in [0.15, 0.2) is 0 Å². The van der Waals surface area contributed by atoms with Gasteiger partial charge in [-0.15, -0.1) is 0 Å². The summed E-state index contributed by atoms with van der Waals surface area (Å²) in [6.45, 7) is 5.61. The molecule has 4 heteroatoms. The van der Waals surface area contributed by atoms with Gasteiger partial charge in [0.25, 0.3) is 0 Å². The molecule has 0 spiro atoms. The van der Waals surface area contributed by atoms with E-state index < -0.39 is 0 Å². The van der Waals surface area contributed by atoms with Gasteiger partial charge < -0.3 is 10.0 Å². The van der Waals surface area contributed by atoms with Crippen LogP contribution in [0.4, 0.5) is 5.82 Å². The second kappa shape index (κ2) is 4.87. The molecule has 0 radical (unpaired) electrons. The molecule has 3 rings (SSSR count). The fraction of sp³-hybridized carbons (Fsp3) is 0.375. The third-order valence-corrected chi connectivity index (χ3v) is 3.88. The molecule has 1 fully saturated rings. The second-order valence-corrected chi connectivity index (χ2v) is 5.98. The molecule has 20 heavy (non-hydrogen) atoms. The highest BCUT2D eigenvalue weighted by Crippen LogP contribution is 2.32. The lowest BCUT2D eigenvalue weighted by atomic mass is 9.90. The first-order valence-electron chi connectivity index (χ1n) is 6.88. The van der Waals surface area contributed by atoms with Crippen LogP contribution in [0.2, 0.25) is 0 Å². The van der Waals surface area contributed by atoms with E-state index in [0.29, 0.717) is 6.54 Å². The molecule has 0 amide bonds.